The molecule has 28 heavy (non-hydrogen) atoms. The Bertz CT molecular complexity index is 1110. The number of thiazole rings is 1. The predicted octanol–water partition coefficient (Wildman–Crippen LogP) is 3.75. The van der Waals surface area contributed by atoms with Gasteiger partial charge in [0.1, 0.15) is 5.75 Å². The zero-order chi connectivity index (χ0) is 20.3. The van der Waals surface area contributed by atoms with Gasteiger partial charge in [-0.05, 0) is 36.8 Å². The van der Waals surface area contributed by atoms with Gasteiger partial charge in [0.25, 0.3) is 5.91 Å². The number of aryl methyl sites for hydroxylation is 1. The number of hydrogen-bond acceptors (Lipinski definition) is 6. The van der Waals surface area contributed by atoms with Gasteiger partial charge in [0.15, 0.2) is 5.13 Å². The standard InChI is InChI=1S/C19H19N3O4S2/c1-12-4-5-14(10-17(12)26-2)18(23)21-19-20-16(11-27-19)13-6-8-15(9-7-13)22-28(3,24)25/h4-11,22H,1-3H3,(H,20,21,23). The molecule has 3 aromatic rings. The number of sulfonamides is 1. The molecule has 146 valence electrons. The van der Waals surface area contributed by atoms with Crippen LogP contribution < -0.4 is 14.8 Å². The second-order valence-corrected chi connectivity index (χ2v) is 8.73. The second-order valence-electron chi connectivity index (χ2n) is 6.13. The van der Waals surface area contributed by atoms with Crippen LogP contribution in [-0.2, 0) is 10.0 Å². The molecule has 0 bridgehead atoms. The Balaban J connectivity index is 1.72. The Morgan fingerprint density at radius 2 is 1.86 bits per heavy atom. The van der Waals surface area contributed by atoms with E-state index >= 15 is 0 Å². The van der Waals surface area contributed by atoms with Gasteiger partial charge in [-0.1, -0.05) is 18.2 Å². The number of nitrogens with zero attached hydrogens (tertiary/aromatic N) is 1. The maximum absolute atomic E-state index is 12.5. The zero-order valence-electron chi connectivity index (χ0n) is 15.5. The minimum atomic E-state index is -3.32. The summed E-state index contributed by atoms with van der Waals surface area (Å²) in [6, 6.07) is 12.1. The maximum Gasteiger partial charge on any atom is 0.257 e. The fraction of sp³-hybridized carbons (Fsp3) is 0.158. The number of hydrogen-bond donors (Lipinski definition) is 2. The Morgan fingerprint density at radius 1 is 1.14 bits per heavy atom. The first kappa shape index (κ1) is 19.8. The van der Waals surface area contributed by atoms with Gasteiger partial charge in [0.2, 0.25) is 10.0 Å². The zero-order valence-corrected chi connectivity index (χ0v) is 17.1. The lowest BCUT2D eigenvalue weighted by Crippen LogP contribution is -2.12. The van der Waals surface area contributed by atoms with Crippen LogP contribution in [0.4, 0.5) is 10.8 Å². The lowest BCUT2D eigenvalue weighted by Gasteiger charge is -2.07. The third-order valence-corrected chi connectivity index (χ3v) is 5.24. The molecule has 0 saturated carbocycles. The van der Waals surface area contributed by atoms with Gasteiger partial charge in [0.05, 0.1) is 19.1 Å². The highest BCUT2D eigenvalue weighted by Gasteiger charge is 2.12. The van der Waals surface area contributed by atoms with Crippen LogP contribution in [0.15, 0.2) is 47.8 Å². The van der Waals surface area contributed by atoms with E-state index in [9.17, 15) is 13.2 Å². The molecule has 1 heterocycles. The molecule has 2 aromatic carbocycles. The van der Waals surface area contributed by atoms with E-state index in [1.807, 2.05) is 18.4 Å². The van der Waals surface area contributed by atoms with E-state index in [2.05, 4.69) is 15.0 Å². The molecule has 0 radical (unpaired) electrons. The molecule has 9 heteroatoms. The number of carbonyl (C=O) groups excluding carboxylic acids is 1. The molecule has 0 unspecified atom stereocenters. The molecule has 7 nitrogen and oxygen atoms in total. The fourth-order valence-electron chi connectivity index (χ4n) is 2.52. The van der Waals surface area contributed by atoms with Crippen LogP contribution in [0, 0.1) is 6.92 Å². The van der Waals surface area contributed by atoms with Crippen molar-refractivity contribution in [3.63, 3.8) is 0 Å². The quantitative estimate of drug-likeness (QED) is 0.637. The number of nitrogens with one attached hydrogen (secondary N) is 2. The number of amides is 1. The summed E-state index contributed by atoms with van der Waals surface area (Å²) >= 11 is 1.31. The van der Waals surface area contributed by atoms with Crippen molar-refractivity contribution in [2.24, 2.45) is 0 Å². The molecule has 0 aliphatic rings. The Morgan fingerprint density at radius 3 is 2.50 bits per heavy atom. The molecular weight excluding hydrogens is 398 g/mol. The minimum Gasteiger partial charge on any atom is -0.496 e. The van der Waals surface area contributed by atoms with Crippen molar-refractivity contribution < 1.29 is 17.9 Å². The third kappa shape index (κ3) is 4.87. The molecule has 0 fully saturated rings. The summed E-state index contributed by atoms with van der Waals surface area (Å²) in [5.74, 6) is 0.377. The highest BCUT2D eigenvalue weighted by molar-refractivity contribution is 7.92. The molecule has 1 amide bonds. The van der Waals surface area contributed by atoms with Gasteiger partial charge in [-0.3, -0.25) is 14.8 Å². The number of ether oxygens (including phenoxy) is 1. The van der Waals surface area contributed by atoms with Crippen molar-refractivity contribution in [2.45, 2.75) is 6.92 Å². The summed E-state index contributed by atoms with van der Waals surface area (Å²) < 4.78 is 30.2. The molecule has 0 atom stereocenters. The van der Waals surface area contributed by atoms with Crippen LogP contribution in [0.2, 0.25) is 0 Å². The van der Waals surface area contributed by atoms with E-state index < -0.39 is 10.0 Å². The molecule has 0 spiro atoms. The summed E-state index contributed by atoms with van der Waals surface area (Å²) in [4.78, 5) is 16.9. The molecule has 0 saturated heterocycles. The Kier molecular flexibility index (Phi) is 5.66. The van der Waals surface area contributed by atoms with Gasteiger partial charge >= 0.3 is 0 Å². The monoisotopic (exact) mass is 417 g/mol. The van der Waals surface area contributed by atoms with Crippen molar-refractivity contribution in [3.05, 3.63) is 59.0 Å². The SMILES string of the molecule is COc1cc(C(=O)Nc2nc(-c3ccc(NS(C)(=O)=O)cc3)cs2)ccc1C. The van der Waals surface area contributed by atoms with E-state index in [1.54, 1.807) is 43.5 Å². The largest absolute Gasteiger partial charge is 0.496 e. The van der Waals surface area contributed by atoms with Crippen molar-refractivity contribution in [1.82, 2.24) is 4.98 Å². The van der Waals surface area contributed by atoms with Gasteiger partial charge in [-0.25, -0.2) is 13.4 Å². The van der Waals surface area contributed by atoms with Crippen LogP contribution in [0.5, 0.6) is 5.75 Å². The molecule has 2 N–H and O–H groups in total. The maximum atomic E-state index is 12.5. The van der Waals surface area contributed by atoms with Crippen molar-refractivity contribution in [2.75, 3.05) is 23.4 Å². The van der Waals surface area contributed by atoms with Crippen molar-refractivity contribution in [1.29, 1.82) is 0 Å². The second kappa shape index (κ2) is 7.99. The smallest absolute Gasteiger partial charge is 0.257 e. The van der Waals surface area contributed by atoms with Crippen molar-refractivity contribution in [3.8, 4) is 17.0 Å². The topological polar surface area (TPSA) is 97.4 Å². The van der Waals surface area contributed by atoms with E-state index in [0.29, 0.717) is 27.8 Å². The number of anilines is 2. The van der Waals surface area contributed by atoms with Crippen LogP contribution >= 0.6 is 11.3 Å². The van der Waals surface area contributed by atoms with E-state index in [-0.39, 0.29) is 5.91 Å². The lowest BCUT2D eigenvalue weighted by molar-refractivity contribution is 0.102. The first-order chi connectivity index (χ1) is 13.2. The third-order valence-electron chi connectivity index (χ3n) is 3.88. The summed E-state index contributed by atoms with van der Waals surface area (Å²) in [7, 11) is -1.75. The van der Waals surface area contributed by atoms with Crippen LogP contribution in [0.3, 0.4) is 0 Å². The van der Waals surface area contributed by atoms with Gasteiger partial charge in [-0.2, -0.15) is 0 Å². The van der Waals surface area contributed by atoms with Gasteiger partial charge in [-0.15, -0.1) is 11.3 Å². The van der Waals surface area contributed by atoms with Gasteiger partial charge in [0, 0.05) is 22.2 Å². The molecule has 3 rings (SSSR count). The van der Waals surface area contributed by atoms with Crippen LogP contribution in [0.25, 0.3) is 11.3 Å². The molecule has 0 aliphatic heterocycles. The number of aromatic nitrogens is 1. The highest BCUT2D eigenvalue weighted by atomic mass is 32.2. The lowest BCUT2D eigenvalue weighted by atomic mass is 10.1. The molecule has 0 aliphatic carbocycles. The number of methoxy groups -OCH3 is 1. The molecule has 1 aromatic heterocycles. The Hall–Kier alpha value is -2.91. The van der Waals surface area contributed by atoms with Gasteiger partial charge < -0.3 is 4.74 Å². The Labute approximate surface area is 167 Å². The minimum absolute atomic E-state index is 0.271. The van der Waals surface area contributed by atoms with E-state index in [4.69, 9.17) is 4.74 Å². The fourth-order valence-corrected chi connectivity index (χ4v) is 3.80. The first-order valence-corrected chi connectivity index (χ1v) is 11.0. The number of carbonyl (C=O) groups is 1. The van der Waals surface area contributed by atoms with E-state index in [1.165, 1.54) is 11.3 Å². The van der Waals surface area contributed by atoms with Crippen LogP contribution in [0.1, 0.15) is 15.9 Å². The van der Waals surface area contributed by atoms with Crippen LogP contribution in [-0.4, -0.2) is 32.7 Å². The van der Waals surface area contributed by atoms with E-state index in [0.717, 1.165) is 17.4 Å². The average Bonchev–Trinajstić information content (AvgIpc) is 3.09. The molecular formula is C19H19N3O4S2. The normalized spacial score (nSPS) is 11.1. The summed E-state index contributed by atoms with van der Waals surface area (Å²) in [5, 5.41) is 5.08. The summed E-state index contributed by atoms with van der Waals surface area (Å²) in [6.45, 7) is 1.91. The first-order valence-electron chi connectivity index (χ1n) is 8.25. The average molecular weight is 418 g/mol. The predicted molar refractivity (Wildman–Crippen MR) is 112 cm³/mol. The number of rotatable bonds is 6. The summed E-state index contributed by atoms with van der Waals surface area (Å²) in [5.41, 5.74) is 3.41. The number of benzene rings is 2. The van der Waals surface area contributed by atoms with Crippen molar-refractivity contribution >= 4 is 38.1 Å². The summed E-state index contributed by atoms with van der Waals surface area (Å²) in [6.07, 6.45) is 1.10. The highest BCUT2D eigenvalue weighted by Crippen LogP contribution is 2.27.